The van der Waals surface area contributed by atoms with Gasteiger partial charge in [-0.3, -0.25) is 9.59 Å². The van der Waals surface area contributed by atoms with Gasteiger partial charge in [-0.1, -0.05) is 12.8 Å². The molecule has 2 amide bonds. The number of aromatic nitrogens is 3. The molecule has 1 saturated heterocycles. The third kappa shape index (κ3) is 3.59. The van der Waals surface area contributed by atoms with Crippen LogP contribution in [0.3, 0.4) is 0 Å². The summed E-state index contributed by atoms with van der Waals surface area (Å²) in [5, 5.41) is 7.32. The van der Waals surface area contributed by atoms with E-state index in [4.69, 9.17) is 0 Å². The van der Waals surface area contributed by atoms with E-state index in [-0.39, 0.29) is 17.7 Å². The van der Waals surface area contributed by atoms with Crippen LogP contribution >= 0.6 is 0 Å². The number of carbonyl (C=O) groups excluding carboxylic acids is 2. The molecule has 2 aromatic rings. The van der Waals surface area contributed by atoms with Gasteiger partial charge in [0, 0.05) is 24.7 Å². The van der Waals surface area contributed by atoms with Crippen LogP contribution in [-0.2, 0) is 9.59 Å². The Morgan fingerprint density at radius 2 is 2.00 bits per heavy atom. The molecule has 1 aliphatic carbocycles. The lowest BCUT2D eigenvalue weighted by molar-refractivity contribution is -0.129. The fourth-order valence-electron chi connectivity index (χ4n) is 4.17. The van der Waals surface area contributed by atoms with Crippen LogP contribution in [0.25, 0.3) is 5.82 Å². The number of hydrogen-bond acceptors (Lipinski definition) is 4. The van der Waals surface area contributed by atoms with Gasteiger partial charge < -0.3 is 10.2 Å². The average Bonchev–Trinajstić information content (AvgIpc) is 3.36. The van der Waals surface area contributed by atoms with Crippen LogP contribution in [0.2, 0.25) is 0 Å². The third-order valence-corrected chi connectivity index (χ3v) is 5.54. The minimum Gasteiger partial charge on any atom is -0.339 e. The van der Waals surface area contributed by atoms with Gasteiger partial charge in [0.1, 0.15) is 0 Å². The number of likely N-dealkylation sites (tertiary alicyclic amines) is 1. The summed E-state index contributed by atoms with van der Waals surface area (Å²) in [5.74, 6) is 0.431. The molecule has 142 valence electrons. The number of pyridine rings is 1. The molecule has 0 aromatic carbocycles. The predicted octanol–water partition coefficient (Wildman–Crippen LogP) is 2.61. The minimum absolute atomic E-state index is 0.107. The molecule has 1 unspecified atom stereocenters. The van der Waals surface area contributed by atoms with Crippen molar-refractivity contribution >= 4 is 17.5 Å². The molecule has 0 spiro atoms. The smallest absolute Gasteiger partial charge is 0.229 e. The Kier molecular flexibility index (Phi) is 4.68. The summed E-state index contributed by atoms with van der Waals surface area (Å²) in [5.41, 5.74) is 2.58. The number of rotatable bonds is 4. The fraction of sp³-hybridized carbons (Fsp3) is 0.500. The van der Waals surface area contributed by atoms with Crippen LogP contribution in [0, 0.1) is 19.8 Å². The maximum Gasteiger partial charge on any atom is 0.229 e. The molecule has 2 aliphatic rings. The van der Waals surface area contributed by atoms with Crippen molar-refractivity contribution in [1.29, 1.82) is 0 Å². The summed E-state index contributed by atoms with van der Waals surface area (Å²) in [4.78, 5) is 31.2. The van der Waals surface area contributed by atoms with Crippen molar-refractivity contribution in [3.63, 3.8) is 0 Å². The van der Waals surface area contributed by atoms with Crippen molar-refractivity contribution in [2.24, 2.45) is 5.92 Å². The zero-order chi connectivity index (χ0) is 19.0. The summed E-state index contributed by atoms with van der Waals surface area (Å²) in [6.07, 6.45) is 6.43. The second-order valence-corrected chi connectivity index (χ2v) is 7.62. The molecule has 7 nitrogen and oxygen atoms in total. The van der Waals surface area contributed by atoms with E-state index in [1.54, 1.807) is 10.9 Å². The number of carbonyl (C=O) groups is 2. The van der Waals surface area contributed by atoms with E-state index < -0.39 is 0 Å². The van der Waals surface area contributed by atoms with E-state index in [1.165, 1.54) is 12.8 Å². The van der Waals surface area contributed by atoms with Crippen LogP contribution < -0.4 is 5.32 Å². The van der Waals surface area contributed by atoms with Crippen molar-refractivity contribution in [1.82, 2.24) is 19.7 Å². The minimum atomic E-state index is -0.284. The van der Waals surface area contributed by atoms with E-state index in [0.717, 1.165) is 24.2 Å². The standard InChI is InChI=1S/C20H25N5O2/c1-13-9-14(2)25(23-13)18-8-7-16(11-21-18)22-20(27)15-10-19(26)24(12-15)17-5-3-4-6-17/h7-9,11,15,17H,3-6,10,12H2,1-2H3,(H,22,27). The Morgan fingerprint density at radius 3 is 2.63 bits per heavy atom. The van der Waals surface area contributed by atoms with Gasteiger partial charge in [-0.2, -0.15) is 5.10 Å². The Labute approximate surface area is 158 Å². The van der Waals surface area contributed by atoms with E-state index in [2.05, 4.69) is 15.4 Å². The van der Waals surface area contributed by atoms with Crippen LogP contribution in [0.4, 0.5) is 5.69 Å². The molecule has 0 radical (unpaired) electrons. The maximum absolute atomic E-state index is 12.6. The Balaban J connectivity index is 1.40. The molecule has 2 fully saturated rings. The van der Waals surface area contributed by atoms with Crippen molar-refractivity contribution in [3.8, 4) is 5.82 Å². The van der Waals surface area contributed by atoms with Crippen molar-refractivity contribution in [2.75, 3.05) is 11.9 Å². The topological polar surface area (TPSA) is 80.1 Å². The molecule has 4 rings (SSSR count). The third-order valence-electron chi connectivity index (χ3n) is 5.54. The molecular weight excluding hydrogens is 342 g/mol. The largest absolute Gasteiger partial charge is 0.339 e. The van der Waals surface area contributed by atoms with Crippen molar-refractivity contribution in [2.45, 2.75) is 52.0 Å². The van der Waals surface area contributed by atoms with Crippen LogP contribution in [0.15, 0.2) is 24.4 Å². The fourth-order valence-corrected chi connectivity index (χ4v) is 4.17. The molecule has 1 atom stereocenters. The summed E-state index contributed by atoms with van der Waals surface area (Å²) in [6.45, 7) is 4.45. The van der Waals surface area contributed by atoms with Gasteiger partial charge in [-0.15, -0.1) is 0 Å². The number of aryl methyl sites for hydroxylation is 2. The van der Waals surface area contributed by atoms with Gasteiger partial charge >= 0.3 is 0 Å². The van der Waals surface area contributed by atoms with Gasteiger partial charge in [-0.25, -0.2) is 9.67 Å². The maximum atomic E-state index is 12.6. The van der Waals surface area contributed by atoms with Crippen molar-refractivity contribution < 1.29 is 9.59 Å². The van der Waals surface area contributed by atoms with E-state index in [9.17, 15) is 9.59 Å². The highest BCUT2D eigenvalue weighted by molar-refractivity contribution is 5.97. The molecule has 1 aliphatic heterocycles. The zero-order valence-corrected chi connectivity index (χ0v) is 15.8. The van der Waals surface area contributed by atoms with E-state index in [0.29, 0.717) is 30.5 Å². The van der Waals surface area contributed by atoms with Gasteiger partial charge in [-0.05, 0) is 44.9 Å². The van der Waals surface area contributed by atoms with Crippen LogP contribution in [0.1, 0.15) is 43.5 Å². The molecule has 1 saturated carbocycles. The molecule has 7 heteroatoms. The average molecular weight is 367 g/mol. The van der Waals surface area contributed by atoms with Crippen LogP contribution in [0.5, 0.6) is 0 Å². The highest BCUT2D eigenvalue weighted by Gasteiger charge is 2.38. The van der Waals surface area contributed by atoms with Crippen molar-refractivity contribution in [3.05, 3.63) is 35.8 Å². The summed E-state index contributed by atoms with van der Waals surface area (Å²) < 4.78 is 1.77. The summed E-state index contributed by atoms with van der Waals surface area (Å²) in [6, 6.07) is 5.98. The Bertz CT molecular complexity index is 852. The normalized spacial score (nSPS) is 20.4. The Morgan fingerprint density at radius 1 is 1.22 bits per heavy atom. The molecule has 27 heavy (non-hydrogen) atoms. The number of anilines is 1. The first-order valence-corrected chi connectivity index (χ1v) is 9.61. The lowest BCUT2D eigenvalue weighted by atomic mass is 10.1. The summed E-state index contributed by atoms with van der Waals surface area (Å²) >= 11 is 0. The molecule has 2 aromatic heterocycles. The molecular formula is C20H25N5O2. The van der Waals surface area contributed by atoms with Gasteiger partial charge in [0.25, 0.3) is 0 Å². The van der Waals surface area contributed by atoms with Crippen LogP contribution in [-0.4, -0.2) is 44.1 Å². The predicted molar refractivity (Wildman–Crippen MR) is 102 cm³/mol. The monoisotopic (exact) mass is 367 g/mol. The van der Waals surface area contributed by atoms with Gasteiger partial charge in [0.05, 0.1) is 23.5 Å². The highest BCUT2D eigenvalue weighted by Crippen LogP contribution is 2.30. The quantitative estimate of drug-likeness (QED) is 0.901. The SMILES string of the molecule is Cc1cc(C)n(-c2ccc(NC(=O)C3CC(=O)N(C4CCCC4)C3)cn2)n1. The summed E-state index contributed by atoms with van der Waals surface area (Å²) in [7, 11) is 0. The molecule has 1 N–H and O–H groups in total. The first-order chi connectivity index (χ1) is 13.0. The van der Waals surface area contributed by atoms with Gasteiger partial charge in [0.15, 0.2) is 5.82 Å². The second-order valence-electron chi connectivity index (χ2n) is 7.62. The number of amides is 2. The first kappa shape index (κ1) is 17.7. The molecule has 3 heterocycles. The van der Waals surface area contributed by atoms with Gasteiger partial charge in [0.2, 0.25) is 11.8 Å². The first-order valence-electron chi connectivity index (χ1n) is 9.61. The zero-order valence-electron chi connectivity index (χ0n) is 15.8. The lowest BCUT2D eigenvalue weighted by Crippen LogP contribution is -2.35. The number of hydrogen-bond donors (Lipinski definition) is 1. The molecule has 0 bridgehead atoms. The lowest BCUT2D eigenvalue weighted by Gasteiger charge is -2.23. The Hall–Kier alpha value is -2.70. The van der Waals surface area contributed by atoms with E-state index >= 15 is 0 Å². The van der Waals surface area contributed by atoms with E-state index in [1.807, 2.05) is 36.9 Å². The number of nitrogens with zero attached hydrogens (tertiary/aromatic N) is 4. The highest BCUT2D eigenvalue weighted by atomic mass is 16.2. The second kappa shape index (κ2) is 7.13. The number of nitrogens with one attached hydrogen (secondary N) is 1.